The van der Waals surface area contributed by atoms with E-state index in [1.807, 2.05) is 78.9 Å². The Kier molecular flexibility index (Phi) is 7.20. The molecule has 0 fully saturated rings. The molecule has 3 aliphatic rings. The second-order valence-corrected chi connectivity index (χ2v) is 13.6. The fraction of sp³-hybridized carbons (Fsp3) is 0.0638. The van der Waals surface area contributed by atoms with E-state index in [4.69, 9.17) is 14.7 Å². The van der Waals surface area contributed by atoms with Crippen LogP contribution >= 0.6 is 0 Å². The van der Waals surface area contributed by atoms with Crippen LogP contribution in [-0.4, -0.2) is 11.7 Å². The second kappa shape index (κ2) is 12.2. The zero-order chi connectivity index (χ0) is 36.4. The summed E-state index contributed by atoms with van der Waals surface area (Å²) >= 11 is 0. The third-order valence-corrected chi connectivity index (χ3v) is 10.7. The van der Waals surface area contributed by atoms with Gasteiger partial charge in [-0.1, -0.05) is 146 Å². The lowest BCUT2D eigenvalue weighted by Gasteiger charge is -2.39. The van der Waals surface area contributed by atoms with Crippen LogP contribution in [0.15, 0.2) is 180 Å². The Hall–Kier alpha value is -6.73. The zero-order valence-corrected chi connectivity index (χ0v) is 28.7. The van der Waals surface area contributed by atoms with Crippen molar-refractivity contribution < 1.29 is 17.9 Å². The molecule has 2 aliphatic heterocycles. The minimum atomic E-state index is -4.39. The van der Waals surface area contributed by atoms with Crippen LogP contribution in [0.2, 0.25) is 0 Å². The topological polar surface area (TPSA) is 46.0 Å². The summed E-state index contributed by atoms with van der Waals surface area (Å²) in [5, 5.41) is 3.61. The minimum absolute atomic E-state index is 0.580. The highest BCUT2D eigenvalue weighted by atomic mass is 19.4. The van der Waals surface area contributed by atoms with Crippen molar-refractivity contribution in [3.8, 4) is 33.8 Å². The van der Waals surface area contributed by atoms with Crippen molar-refractivity contribution in [3.05, 3.63) is 214 Å². The van der Waals surface area contributed by atoms with Gasteiger partial charge in [-0.3, -0.25) is 0 Å². The summed E-state index contributed by atoms with van der Waals surface area (Å²) in [6, 6.07) is 54.6. The fourth-order valence-corrected chi connectivity index (χ4v) is 8.28. The molecule has 0 saturated carbocycles. The third kappa shape index (κ3) is 4.92. The first-order chi connectivity index (χ1) is 26.4. The van der Waals surface area contributed by atoms with Crippen LogP contribution in [-0.2, 0) is 11.6 Å². The number of hydrogen-bond acceptors (Lipinski definition) is 4. The summed E-state index contributed by atoms with van der Waals surface area (Å²) in [4.78, 5) is 10.4. The molecule has 7 aromatic carbocycles. The molecule has 1 spiro atoms. The lowest BCUT2D eigenvalue weighted by molar-refractivity contribution is -0.137. The first-order valence-corrected chi connectivity index (χ1v) is 17.8. The summed E-state index contributed by atoms with van der Waals surface area (Å²) < 4.78 is 46.2. The lowest BCUT2D eigenvalue weighted by atomic mass is 9.66. The van der Waals surface area contributed by atoms with Gasteiger partial charge in [-0.2, -0.15) is 13.2 Å². The number of alkyl halides is 3. The fourth-order valence-electron chi connectivity index (χ4n) is 8.28. The average Bonchev–Trinajstić information content (AvgIpc) is 3.52. The molecule has 0 bridgehead atoms. The molecule has 1 aliphatic carbocycles. The van der Waals surface area contributed by atoms with E-state index in [2.05, 4.69) is 72.0 Å². The molecule has 54 heavy (non-hydrogen) atoms. The molecule has 4 nitrogen and oxygen atoms in total. The molecule has 1 atom stereocenters. The van der Waals surface area contributed by atoms with E-state index < -0.39 is 23.3 Å². The summed E-state index contributed by atoms with van der Waals surface area (Å²) in [7, 11) is 0. The predicted octanol–water partition coefficient (Wildman–Crippen LogP) is 11.3. The number of hydrogen-bond donors (Lipinski definition) is 1. The maximum Gasteiger partial charge on any atom is 0.416 e. The van der Waals surface area contributed by atoms with Crippen molar-refractivity contribution in [2.75, 3.05) is 0 Å². The quantitative estimate of drug-likeness (QED) is 0.198. The second-order valence-electron chi connectivity index (χ2n) is 13.6. The Morgan fingerprint density at radius 2 is 1.02 bits per heavy atom. The number of amidine groups is 2. The molecule has 7 aromatic rings. The first-order valence-electron chi connectivity index (χ1n) is 17.8. The monoisotopic (exact) mass is 709 g/mol. The Bertz CT molecular complexity index is 2600. The molecule has 0 amide bonds. The number of fused-ring (bicyclic) bond motifs is 9. The molecule has 1 unspecified atom stereocenters. The van der Waals surface area contributed by atoms with Crippen molar-refractivity contribution in [3.63, 3.8) is 0 Å². The van der Waals surface area contributed by atoms with Gasteiger partial charge in [0.15, 0.2) is 6.17 Å². The van der Waals surface area contributed by atoms with Gasteiger partial charge in [-0.05, 0) is 63.2 Å². The van der Waals surface area contributed by atoms with E-state index in [0.29, 0.717) is 17.2 Å². The van der Waals surface area contributed by atoms with E-state index in [1.165, 1.54) is 17.7 Å². The Labute approximate surface area is 310 Å². The SMILES string of the molecule is FC(F)(F)c1ccc(-c2ccc(C3N=C(c4ccccc4)NC(c4cccc5c4-c4ccccc4C54c5ccccc5Oc5ccccc54)=N3)cc2)cc1. The molecule has 7 heteroatoms. The molecule has 0 saturated heterocycles. The number of ether oxygens (including phenoxy) is 1. The van der Waals surface area contributed by atoms with E-state index in [9.17, 15) is 13.2 Å². The normalized spacial score (nSPS) is 16.2. The average molecular weight is 710 g/mol. The van der Waals surface area contributed by atoms with Crippen molar-refractivity contribution in [2.24, 2.45) is 9.98 Å². The maximum atomic E-state index is 13.2. The summed E-state index contributed by atoms with van der Waals surface area (Å²) in [6.45, 7) is 0. The molecule has 10 rings (SSSR count). The van der Waals surface area contributed by atoms with Gasteiger partial charge >= 0.3 is 6.18 Å². The van der Waals surface area contributed by atoms with Gasteiger partial charge in [0.2, 0.25) is 0 Å². The van der Waals surface area contributed by atoms with Crippen molar-refractivity contribution in [1.82, 2.24) is 5.32 Å². The molecule has 0 radical (unpaired) electrons. The van der Waals surface area contributed by atoms with Crippen LogP contribution < -0.4 is 10.1 Å². The first kappa shape index (κ1) is 32.0. The number of aliphatic imine (C=N–C) groups is 2. The Balaban J connectivity index is 1.13. The van der Waals surface area contributed by atoms with E-state index in [1.54, 1.807) is 0 Å². The highest BCUT2D eigenvalue weighted by Gasteiger charge is 2.51. The number of para-hydroxylation sites is 2. The van der Waals surface area contributed by atoms with E-state index in [-0.39, 0.29) is 0 Å². The van der Waals surface area contributed by atoms with Crippen molar-refractivity contribution >= 4 is 11.7 Å². The van der Waals surface area contributed by atoms with E-state index >= 15 is 0 Å². The summed E-state index contributed by atoms with van der Waals surface area (Å²) in [6.07, 6.45) is -4.97. The third-order valence-electron chi connectivity index (χ3n) is 10.7. The Morgan fingerprint density at radius 3 is 1.69 bits per heavy atom. The lowest BCUT2D eigenvalue weighted by Crippen LogP contribution is -2.36. The largest absolute Gasteiger partial charge is 0.457 e. The van der Waals surface area contributed by atoms with Gasteiger partial charge < -0.3 is 10.1 Å². The summed E-state index contributed by atoms with van der Waals surface area (Å²) in [5.74, 6) is 3.04. The maximum absolute atomic E-state index is 13.2. The van der Waals surface area contributed by atoms with Gasteiger partial charge in [-0.15, -0.1) is 0 Å². The van der Waals surface area contributed by atoms with Crippen LogP contribution in [0.1, 0.15) is 50.7 Å². The number of nitrogens with one attached hydrogen (secondary N) is 1. The molecule has 2 heterocycles. The highest BCUT2D eigenvalue weighted by molar-refractivity contribution is 6.18. The Morgan fingerprint density at radius 1 is 0.481 bits per heavy atom. The van der Waals surface area contributed by atoms with Gasteiger partial charge in [0.1, 0.15) is 23.2 Å². The van der Waals surface area contributed by atoms with Crippen LogP contribution in [0, 0.1) is 0 Å². The van der Waals surface area contributed by atoms with Gasteiger partial charge in [0.25, 0.3) is 0 Å². The van der Waals surface area contributed by atoms with Crippen molar-refractivity contribution in [1.29, 1.82) is 0 Å². The van der Waals surface area contributed by atoms with Gasteiger partial charge in [0.05, 0.1) is 11.0 Å². The van der Waals surface area contributed by atoms with Crippen LogP contribution in [0.3, 0.4) is 0 Å². The predicted molar refractivity (Wildman–Crippen MR) is 206 cm³/mol. The summed E-state index contributed by atoms with van der Waals surface area (Å²) in [5.41, 5.74) is 9.66. The highest BCUT2D eigenvalue weighted by Crippen LogP contribution is 2.62. The molecule has 0 aromatic heterocycles. The number of nitrogens with zero attached hydrogens (tertiary/aromatic N) is 2. The molecular formula is C47H30F3N3O. The molecular weight excluding hydrogens is 680 g/mol. The molecule has 260 valence electrons. The van der Waals surface area contributed by atoms with E-state index in [0.717, 1.165) is 73.7 Å². The standard InChI is InChI=1S/C47H30F3N3O/c48-47(49,50)33-27-25-30(26-28-33)29-21-23-32(24-22-29)44-51-43(31-11-2-1-3-12-31)52-45(53-44)35-14-10-18-39-42(35)34-13-4-5-15-36(34)46(39)37-16-6-8-19-40(37)54-41-20-9-7-17-38(41)46/h1-28,44H,(H,51,52,53). The number of benzene rings is 7. The van der Waals surface area contributed by atoms with Crippen LogP contribution in [0.25, 0.3) is 22.3 Å². The number of rotatable bonds is 4. The molecule has 1 N–H and O–H groups in total. The van der Waals surface area contributed by atoms with Gasteiger partial charge in [0, 0.05) is 22.3 Å². The van der Waals surface area contributed by atoms with Crippen LogP contribution in [0.5, 0.6) is 11.5 Å². The smallest absolute Gasteiger partial charge is 0.416 e. The number of halogens is 3. The minimum Gasteiger partial charge on any atom is -0.457 e. The van der Waals surface area contributed by atoms with Crippen LogP contribution in [0.4, 0.5) is 13.2 Å². The zero-order valence-electron chi connectivity index (χ0n) is 28.7. The van der Waals surface area contributed by atoms with Crippen molar-refractivity contribution in [2.45, 2.75) is 17.8 Å². The van der Waals surface area contributed by atoms with Gasteiger partial charge in [-0.25, -0.2) is 9.98 Å².